The number of rotatable bonds is 3. The van der Waals surface area contributed by atoms with Gasteiger partial charge in [-0.2, -0.15) is 0 Å². The average molecular weight is 206 g/mol. The Morgan fingerprint density at radius 3 is 2.20 bits per heavy atom. The van der Waals surface area contributed by atoms with Gasteiger partial charge in [-0.1, -0.05) is 82.7 Å². The summed E-state index contributed by atoms with van der Waals surface area (Å²) in [6.07, 6.45) is 12.3. The summed E-state index contributed by atoms with van der Waals surface area (Å²) < 4.78 is 7.72. The first-order valence-electron chi connectivity index (χ1n) is 7.63. The van der Waals surface area contributed by atoms with Crippen molar-refractivity contribution in [2.45, 2.75) is 82.7 Å². The Bertz CT molecular complexity index is 191. The van der Waals surface area contributed by atoms with Crippen LogP contribution in [0.1, 0.15) is 72.5 Å². The van der Waals surface area contributed by atoms with Gasteiger partial charge in [-0.3, -0.25) is 0 Å². The van der Waals surface area contributed by atoms with Crippen molar-refractivity contribution in [3.05, 3.63) is 0 Å². The van der Waals surface area contributed by atoms with Crippen molar-refractivity contribution >= 4 is 7.28 Å². The summed E-state index contributed by atoms with van der Waals surface area (Å²) in [5.41, 5.74) is 0. The first kappa shape index (κ1) is 10.2. The fourth-order valence-corrected chi connectivity index (χ4v) is 3.32. The van der Waals surface area contributed by atoms with Gasteiger partial charge in [0.2, 0.25) is 0 Å². The third-order valence-corrected chi connectivity index (χ3v) is 4.50. The van der Waals surface area contributed by atoms with E-state index in [9.17, 15) is 0 Å². The lowest BCUT2D eigenvalue weighted by molar-refractivity contribution is 0.345. The summed E-state index contributed by atoms with van der Waals surface area (Å²) in [5, 5.41) is 0. The Kier molecular flexibility index (Phi) is 4.07. The van der Waals surface area contributed by atoms with E-state index in [0.29, 0.717) is 0 Å². The molecular weight excluding hydrogens is 179 g/mol. The van der Waals surface area contributed by atoms with Gasteiger partial charge in [0, 0.05) is 1.37 Å². The van der Waals surface area contributed by atoms with E-state index in [-0.39, 0.29) is 6.40 Å². The molecule has 85 valence electrons. The zero-order valence-electron chi connectivity index (χ0n) is 11.3. The molecule has 0 aromatic rings. The van der Waals surface area contributed by atoms with E-state index in [2.05, 4.69) is 14.2 Å². The number of hydrogen-bond acceptors (Lipinski definition) is 0. The maximum Gasteiger partial charge on any atom is 0.117 e. The van der Waals surface area contributed by atoms with Gasteiger partial charge in [-0.15, -0.1) is 0 Å². The largest absolute Gasteiger partial charge is 0.117 e. The van der Waals surface area contributed by atoms with E-state index >= 15 is 0 Å². The molecule has 0 aromatic heterocycles. The van der Waals surface area contributed by atoms with Gasteiger partial charge >= 0.3 is 0 Å². The third kappa shape index (κ3) is 3.54. The van der Waals surface area contributed by atoms with E-state index < -0.39 is 0 Å². The molecule has 0 saturated heterocycles. The molecule has 0 heterocycles. The Morgan fingerprint density at radius 1 is 1.00 bits per heavy atom. The molecule has 0 atom stereocenters. The van der Waals surface area contributed by atoms with Gasteiger partial charge in [-0.05, 0) is 5.92 Å². The third-order valence-electron chi connectivity index (χ3n) is 4.50. The molecule has 0 bridgehead atoms. The van der Waals surface area contributed by atoms with E-state index in [0.717, 1.165) is 30.4 Å². The maximum absolute atomic E-state index is 7.72. The predicted molar refractivity (Wildman–Crippen MR) is 68.6 cm³/mol. The fourth-order valence-electron chi connectivity index (χ4n) is 3.32. The van der Waals surface area contributed by atoms with E-state index in [4.69, 9.17) is 1.37 Å². The second kappa shape index (κ2) is 5.96. The van der Waals surface area contributed by atoms with Crippen LogP contribution in [0.3, 0.4) is 0 Å². The highest BCUT2D eigenvalue weighted by molar-refractivity contribution is 6.39. The summed E-state index contributed by atoms with van der Waals surface area (Å²) in [7, 11) is 2.66. The van der Waals surface area contributed by atoms with Gasteiger partial charge in [0.15, 0.2) is 0 Å². The molecule has 0 unspecified atom stereocenters. The maximum atomic E-state index is 7.72. The van der Waals surface area contributed by atoms with Gasteiger partial charge in [0.1, 0.15) is 7.28 Å². The normalized spacial score (nSPS) is 43.4. The lowest BCUT2D eigenvalue weighted by Crippen LogP contribution is -2.19. The molecule has 1 radical (unpaired) electrons. The molecule has 2 saturated carbocycles. The lowest BCUT2D eigenvalue weighted by atomic mass is 9.48. The van der Waals surface area contributed by atoms with Crippen molar-refractivity contribution in [3.8, 4) is 0 Å². The molecular formula is C14H26B. The molecule has 15 heavy (non-hydrogen) atoms. The first-order chi connectivity index (χ1) is 7.78. The Morgan fingerprint density at radius 2 is 1.60 bits per heavy atom. The monoisotopic (exact) mass is 206 g/mol. The Balaban J connectivity index is 1.66. The van der Waals surface area contributed by atoms with Crippen molar-refractivity contribution in [1.82, 2.24) is 0 Å². The molecule has 1 heteroatoms. The Hall–Kier alpha value is 0.0649. The van der Waals surface area contributed by atoms with Gasteiger partial charge < -0.3 is 0 Å². The SMILES string of the molecule is [2H]C1CCC([B]C2CCC(CC)CC2)CC1. The van der Waals surface area contributed by atoms with E-state index in [1.165, 1.54) is 44.9 Å². The minimum absolute atomic E-state index is 0.250. The van der Waals surface area contributed by atoms with Crippen LogP contribution in [0.5, 0.6) is 0 Å². The van der Waals surface area contributed by atoms with Crippen molar-refractivity contribution in [2.24, 2.45) is 5.92 Å². The molecule has 0 aromatic carbocycles. The van der Waals surface area contributed by atoms with Crippen LogP contribution in [0, 0.1) is 5.92 Å². The molecule has 0 spiro atoms. The molecule has 2 aliphatic rings. The van der Waals surface area contributed by atoms with E-state index in [1.807, 2.05) is 0 Å². The lowest BCUT2D eigenvalue weighted by Gasteiger charge is -2.31. The van der Waals surface area contributed by atoms with Crippen LogP contribution in [0.2, 0.25) is 11.6 Å². The minimum atomic E-state index is 0.250. The zero-order valence-corrected chi connectivity index (χ0v) is 10.3. The summed E-state index contributed by atoms with van der Waals surface area (Å²) in [5.74, 6) is 2.79. The van der Waals surface area contributed by atoms with Gasteiger partial charge in [-0.25, -0.2) is 0 Å². The first-order valence-corrected chi connectivity index (χ1v) is 7.05. The molecule has 0 N–H and O–H groups in total. The molecule has 2 rings (SSSR count). The van der Waals surface area contributed by atoms with Crippen LogP contribution in [0.4, 0.5) is 0 Å². The summed E-state index contributed by atoms with van der Waals surface area (Å²) in [4.78, 5) is 0. The van der Waals surface area contributed by atoms with Crippen LogP contribution >= 0.6 is 0 Å². The quantitative estimate of drug-likeness (QED) is 0.580. The second-order valence-electron chi connectivity index (χ2n) is 5.58. The van der Waals surface area contributed by atoms with Crippen molar-refractivity contribution in [1.29, 1.82) is 0 Å². The fraction of sp³-hybridized carbons (Fsp3) is 1.00. The predicted octanol–water partition coefficient (Wildman–Crippen LogP) is 4.83. The highest BCUT2D eigenvalue weighted by atomic mass is 14.2. The van der Waals surface area contributed by atoms with Gasteiger partial charge in [0.05, 0.1) is 0 Å². The summed E-state index contributed by atoms with van der Waals surface area (Å²) in [6, 6.07) is 0. The van der Waals surface area contributed by atoms with Crippen LogP contribution in [-0.2, 0) is 0 Å². The smallest absolute Gasteiger partial charge is 0.0686 e. The van der Waals surface area contributed by atoms with Crippen LogP contribution in [0.25, 0.3) is 0 Å². The Labute approximate surface area is 97.9 Å². The molecule has 2 aliphatic carbocycles. The average Bonchev–Trinajstić information content (AvgIpc) is 2.33. The van der Waals surface area contributed by atoms with Crippen LogP contribution in [-0.4, -0.2) is 7.28 Å². The summed E-state index contributed by atoms with van der Waals surface area (Å²) >= 11 is 0. The van der Waals surface area contributed by atoms with Crippen molar-refractivity contribution < 1.29 is 1.37 Å². The highest BCUT2D eigenvalue weighted by Crippen LogP contribution is 2.38. The van der Waals surface area contributed by atoms with Crippen molar-refractivity contribution in [2.75, 3.05) is 0 Å². The molecule has 0 nitrogen and oxygen atoms in total. The van der Waals surface area contributed by atoms with Gasteiger partial charge in [0.25, 0.3) is 0 Å². The standard InChI is InChI=1S/C14H26B/c1-2-12-8-10-14(11-9-12)15-13-6-4-3-5-7-13/h12-14H,2-11H2,1H3/i3D. The van der Waals surface area contributed by atoms with Crippen LogP contribution < -0.4 is 0 Å². The minimum Gasteiger partial charge on any atom is -0.0686 e. The highest BCUT2D eigenvalue weighted by Gasteiger charge is 2.24. The number of hydrogen-bond donors (Lipinski definition) is 0. The zero-order chi connectivity index (χ0) is 11.4. The molecule has 2 fully saturated rings. The molecule has 0 amide bonds. The molecule has 0 aliphatic heterocycles. The van der Waals surface area contributed by atoms with Crippen molar-refractivity contribution in [3.63, 3.8) is 0 Å². The summed E-state index contributed by atoms with van der Waals surface area (Å²) in [6.45, 7) is 2.34. The second-order valence-corrected chi connectivity index (χ2v) is 5.58. The topological polar surface area (TPSA) is 0 Å². The van der Waals surface area contributed by atoms with Crippen LogP contribution in [0.15, 0.2) is 0 Å². The van der Waals surface area contributed by atoms with E-state index in [1.54, 1.807) is 0 Å².